The fourth-order valence-electron chi connectivity index (χ4n) is 1.52. The molecule has 2 N–H and O–H groups in total. The van der Waals surface area contributed by atoms with Crippen LogP contribution in [-0.4, -0.2) is 35.4 Å². The number of aromatic nitrogens is 1. The summed E-state index contributed by atoms with van der Waals surface area (Å²) in [7, 11) is -1.49. The number of pyridine rings is 1. The maximum absolute atomic E-state index is 9.01. The van der Waals surface area contributed by atoms with Crippen molar-refractivity contribution >= 4 is 12.6 Å². The third kappa shape index (κ3) is 2.18. The fraction of sp³-hybridized carbons (Fsp3) is 0.444. The Hall–Kier alpha value is -0.945. The van der Waals surface area contributed by atoms with Crippen molar-refractivity contribution in [2.24, 2.45) is 0 Å². The molecule has 1 aromatic heterocycles. The van der Waals surface area contributed by atoms with Crippen molar-refractivity contribution in [1.29, 1.82) is 0 Å². The van der Waals surface area contributed by atoms with Gasteiger partial charge in [0.15, 0.2) is 0 Å². The standard InChI is InChI=1S/C9H12BNO4/c1-6-7(10(12)13)2-3-8(11-6)9-14-4-5-15-9/h2-3,9,12-13H,4-5H2,1H3. The van der Waals surface area contributed by atoms with Gasteiger partial charge < -0.3 is 19.5 Å². The second-order valence-electron chi connectivity index (χ2n) is 3.36. The van der Waals surface area contributed by atoms with Crippen molar-refractivity contribution in [2.75, 3.05) is 13.2 Å². The molecule has 0 radical (unpaired) electrons. The van der Waals surface area contributed by atoms with E-state index < -0.39 is 13.4 Å². The summed E-state index contributed by atoms with van der Waals surface area (Å²) in [6.45, 7) is 2.85. The maximum Gasteiger partial charge on any atom is 0.490 e. The molecule has 2 heterocycles. The number of rotatable bonds is 2. The van der Waals surface area contributed by atoms with E-state index >= 15 is 0 Å². The highest BCUT2D eigenvalue weighted by molar-refractivity contribution is 6.59. The lowest BCUT2D eigenvalue weighted by atomic mass is 9.79. The van der Waals surface area contributed by atoms with E-state index in [2.05, 4.69) is 4.98 Å². The first-order valence-corrected chi connectivity index (χ1v) is 4.75. The molecule has 0 aromatic carbocycles. The zero-order chi connectivity index (χ0) is 10.8. The zero-order valence-corrected chi connectivity index (χ0v) is 8.38. The molecule has 0 bridgehead atoms. The van der Waals surface area contributed by atoms with Gasteiger partial charge in [-0.2, -0.15) is 0 Å². The molecule has 15 heavy (non-hydrogen) atoms. The molecule has 1 saturated heterocycles. The molecule has 0 spiro atoms. The van der Waals surface area contributed by atoms with Crippen LogP contribution in [-0.2, 0) is 9.47 Å². The van der Waals surface area contributed by atoms with Crippen LogP contribution in [0.5, 0.6) is 0 Å². The van der Waals surface area contributed by atoms with Crippen LogP contribution in [0.3, 0.4) is 0 Å². The highest BCUT2D eigenvalue weighted by Crippen LogP contribution is 2.20. The van der Waals surface area contributed by atoms with E-state index in [9.17, 15) is 0 Å². The number of hydrogen-bond donors (Lipinski definition) is 2. The van der Waals surface area contributed by atoms with Crippen LogP contribution < -0.4 is 5.46 Å². The van der Waals surface area contributed by atoms with Crippen molar-refractivity contribution in [2.45, 2.75) is 13.2 Å². The minimum atomic E-state index is -1.49. The Morgan fingerprint density at radius 2 is 2.00 bits per heavy atom. The maximum atomic E-state index is 9.01. The average Bonchev–Trinajstić information content (AvgIpc) is 2.69. The summed E-state index contributed by atoms with van der Waals surface area (Å²) < 4.78 is 10.6. The summed E-state index contributed by atoms with van der Waals surface area (Å²) in [4.78, 5) is 4.21. The highest BCUT2D eigenvalue weighted by atomic mass is 16.7. The largest absolute Gasteiger partial charge is 0.490 e. The van der Waals surface area contributed by atoms with Crippen LogP contribution in [0, 0.1) is 6.92 Å². The second-order valence-corrected chi connectivity index (χ2v) is 3.36. The van der Waals surface area contributed by atoms with Crippen LogP contribution in [0.15, 0.2) is 12.1 Å². The monoisotopic (exact) mass is 209 g/mol. The van der Waals surface area contributed by atoms with Crippen molar-refractivity contribution in [3.05, 3.63) is 23.5 Å². The van der Waals surface area contributed by atoms with E-state index in [1.54, 1.807) is 19.1 Å². The van der Waals surface area contributed by atoms with Gasteiger partial charge in [0.25, 0.3) is 0 Å². The Morgan fingerprint density at radius 1 is 1.33 bits per heavy atom. The number of ether oxygens (including phenoxy) is 2. The van der Waals surface area contributed by atoms with Crippen molar-refractivity contribution in [3.63, 3.8) is 0 Å². The van der Waals surface area contributed by atoms with Gasteiger partial charge in [0.1, 0.15) is 0 Å². The van der Waals surface area contributed by atoms with Crippen LogP contribution in [0.1, 0.15) is 17.7 Å². The predicted octanol–water partition coefficient (Wildman–Crippen LogP) is -0.885. The molecule has 0 saturated carbocycles. The van der Waals surface area contributed by atoms with Crippen LogP contribution in [0.25, 0.3) is 0 Å². The van der Waals surface area contributed by atoms with Gasteiger partial charge in [-0.1, -0.05) is 6.07 Å². The molecule has 1 aliphatic rings. The number of nitrogens with zero attached hydrogens (tertiary/aromatic N) is 1. The van der Waals surface area contributed by atoms with Crippen LogP contribution in [0.2, 0.25) is 0 Å². The molecule has 0 atom stereocenters. The number of aryl methyl sites for hydroxylation is 1. The summed E-state index contributed by atoms with van der Waals surface area (Å²) in [6.07, 6.45) is -0.423. The van der Waals surface area contributed by atoms with E-state index in [0.29, 0.717) is 30.1 Å². The Bertz CT molecular complexity index is 352. The lowest BCUT2D eigenvalue weighted by molar-refractivity contribution is -0.0473. The first kappa shape index (κ1) is 10.6. The molecule has 5 nitrogen and oxygen atoms in total. The molecule has 6 heteroatoms. The zero-order valence-electron chi connectivity index (χ0n) is 8.38. The van der Waals surface area contributed by atoms with Crippen LogP contribution in [0.4, 0.5) is 0 Å². The summed E-state index contributed by atoms with van der Waals surface area (Å²) in [5, 5.41) is 18.0. The Kier molecular flexibility index (Phi) is 3.02. The molecule has 0 unspecified atom stereocenters. The van der Waals surface area contributed by atoms with Gasteiger partial charge in [0.2, 0.25) is 6.29 Å². The Morgan fingerprint density at radius 3 is 2.53 bits per heavy atom. The van der Waals surface area contributed by atoms with Gasteiger partial charge in [-0.15, -0.1) is 0 Å². The average molecular weight is 209 g/mol. The van der Waals surface area contributed by atoms with Crippen molar-refractivity contribution < 1.29 is 19.5 Å². The first-order chi connectivity index (χ1) is 7.18. The molecular weight excluding hydrogens is 197 g/mol. The lowest BCUT2D eigenvalue weighted by Gasteiger charge is -2.11. The smallest absolute Gasteiger partial charge is 0.423 e. The number of hydrogen-bond acceptors (Lipinski definition) is 5. The molecule has 0 aliphatic carbocycles. The van der Waals surface area contributed by atoms with E-state index in [1.807, 2.05) is 0 Å². The van der Waals surface area contributed by atoms with Gasteiger partial charge in [0, 0.05) is 11.2 Å². The third-order valence-corrected chi connectivity index (χ3v) is 2.29. The third-order valence-electron chi connectivity index (χ3n) is 2.29. The highest BCUT2D eigenvalue weighted by Gasteiger charge is 2.22. The topological polar surface area (TPSA) is 71.8 Å². The summed E-state index contributed by atoms with van der Waals surface area (Å²) >= 11 is 0. The van der Waals surface area contributed by atoms with Gasteiger partial charge >= 0.3 is 7.12 Å². The first-order valence-electron chi connectivity index (χ1n) is 4.75. The van der Waals surface area contributed by atoms with Crippen molar-refractivity contribution in [1.82, 2.24) is 4.98 Å². The van der Waals surface area contributed by atoms with Gasteiger partial charge in [0.05, 0.1) is 18.9 Å². The molecule has 80 valence electrons. The Labute approximate surface area is 87.8 Å². The lowest BCUT2D eigenvalue weighted by Crippen LogP contribution is -2.33. The normalized spacial score (nSPS) is 17.0. The minimum absolute atomic E-state index is 0.400. The molecule has 1 fully saturated rings. The molecule has 0 amide bonds. The van der Waals surface area contributed by atoms with Gasteiger partial charge in [-0.25, -0.2) is 0 Å². The summed E-state index contributed by atoms with van der Waals surface area (Å²) in [5.74, 6) is 0. The minimum Gasteiger partial charge on any atom is -0.423 e. The predicted molar refractivity (Wildman–Crippen MR) is 53.4 cm³/mol. The molecule has 1 aromatic rings. The quantitative estimate of drug-likeness (QED) is 0.618. The van der Waals surface area contributed by atoms with Gasteiger partial charge in [-0.3, -0.25) is 4.98 Å². The van der Waals surface area contributed by atoms with Crippen molar-refractivity contribution in [3.8, 4) is 0 Å². The Balaban J connectivity index is 2.24. The van der Waals surface area contributed by atoms with E-state index in [0.717, 1.165) is 0 Å². The molecule has 2 rings (SSSR count). The summed E-state index contributed by atoms with van der Waals surface area (Å²) in [5.41, 5.74) is 1.63. The van der Waals surface area contributed by atoms with E-state index in [-0.39, 0.29) is 0 Å². The molecule has 1 aliphatic heterocycles. The SMILES string of the molecule is Cc1nc(C2OCCO2)ccc1B(O)O. The molecular formula is C9H12BNO4. The van der Waals surface area contributed by atoms with Gasteiger partial charge in [-0.05, 0) is 13.0 Å². The fourth-order valence-corrected chi connectivity index (χ4v) is 1.52. The second kappa shape index (κ2) is 4.28. The van der Waals surface area contributed by atoms with E-state index in [1.165, 1.54) is 0 Å². The van der Waals surface area contributed by atoms with E-state index in [4.69, 9.17) is 19.5 Å². The summed E-state index contributed by atoms with van der Waals surface area (Å²) in [6, 6.07) is 3.30. The van der Waals surface area contributed by atoms with Crippen LogP contribution >= 0.6 is 0 Å².